The van der Waals surface area contributed by atoms with Gasteiger partial charge in [-0.2, -0.15) is 0 Å². The molecule has 0 spiro atoms. The Bertz CT molecular complexity index is 3500. The van der Waals surface area contributed by atoms with E-state index in [9.17, 15) is 0 Å². The van der Waals surface area contributed by atoms with Crippen LogP contribution in [0, 0.1) is 0 Å². The molecule has 1 aliphatic rings. The molecule has 0 saturated carbocycles. The molecule has 0 fully saturated rings. The fourth-order valence-electron chi connectivity index (χ4n) is 9.64. The van der Waals surface area contributed by atoms with E-state index in [4.69, 9.17) is 9.97 Å². The summed E-state index contributed by atoms with van der Waals surface area (Å²) < 4.78 is 2.64. The number of thiophene rings is 1. The first-order chi connectivity index (χ1) is 29.5. The van der Waals surface area contributed by atoms with Crippen molar-refractivity contribution in [3.63, 3.8) is 0 Å². The summed E-state index contributed by atoms with van der Waals surface area (Å²) in [5.41, 5.74) is 15.1. The molecule has 0 bridgehead atoms. The van der Waals surface area contributed by atoms with Crippen LogP contribution in [0.25, 0.3) is 109 Å². The Kier molecular flexibility index (Phi) is 7.79. The normalized spacial score (nSPS) is 13.0. The van der Waals surface area contributed by atoms with Crippen molar-refractivity contribution in [2.45, 2.75) is 19.3 Å². The van der Waals surface area contributed by atoms with E-state index in [0.717, 1.165) is 28.1 Å². The van der Waals surface area contributed by atoms with Crippen LogP contribution < -0.4 is 0 Å². The van der Waals surface area contributed by atoms with Gasteiger partial charge in [-0.25, -0.2) is 9.97 Å². The minimum Gasteiger partial charge on any atom is -0.228 e. The topological polar surface area (TPSA) is 25.8 Å². The third kappa shape index (κ3) is 5.47. The number of hydrogen-bond acceptors (Lipinski definition) is 3. The molecule has 0 saturated heterocycles. The summed E-state index contributed by atoms with van der Waals surface area (Å²) >= 11 is 1.85. The van der Waals surface area contributed by atoms with Gasteiger partial charge in [-0.05, 0) is 102 Å². The van der Waals surface area contributed by atoms with Crippen LogP contribution in [0.2, 0.25) is 0 Å². The fraction of sp³-hybridized carbons (Fsp3) is 0.0526. The fourth-order valence-corrected chi connectivity index (χ4v) is 10.7. The molecule has 2 heterocycles. The SMILES string of the molecule is CC1(C)c2cc3ccccc3cc2-c2c(-c3ccc(-c4cc(-c5ccc(-c6ccc7sc8ccccc8c7c6)cc5)nc(-c5ccccc5)n4)c4ccccc34)cccc21. The average Bonchev–Trinajstić information content (AvgIpc) is 3.79. The standard InChI is InChI=1S/C57H38N2S/c1-57(2)49-21-12-20-46(55(49)48-32-38-15-6-7-16-39(38)33-50(48)57)43-28-29-44(42-18-9-8-17-41(42)43)52-34-51(58-56(59-52)37-13-4-3-5-14-37)36-25-23-35(24-26-36)40-27-30-54-47(31-40)45-19-10-11-22-53(45)60-54/h3-34H,1-2H3. The summed E-state index contributed by atoms with van der Waals surface area (Å²) in [6, 6.07) is 70.7. The van der Waals surface area contributed by atoms with Gasteiger partial charge in [-0.3, -0.25) is 0 Å². The zero-order valence-corrected chi connectivity index (χ0v) is 34.1. The van der Waals surface area contributed by atoms with Gasteiger partial charge in [0.15, 0.2) is 5.82 Å². The van der Waals surface area contributed by atoms with Crippen molar-refractivity contribution in [3.8, 4) is 67.3 Å². The summed E-state index contributed by atoms with van der Waals surface area (Å²) in [4.78, 5) is 10.5. The highest BCUT2D eigenvalue weighted by molar-refractivity contribution is 7.25. The molecule has 0 aliphatic heterocycles. The van der Waals surface area contributed by atoms with Gasteiger partial charge in [-0.1, -0.05) is 172 Å². The first kappa shape index (κ1) is 34.8. The van der Waals surface area contributed by atoms with E-state index in [1.165, 1.54) is 86.2 Å². The highest BCUT2D eigenvalue weighted by atomic mass is 32.1. The monoisotopic (exact) mass is 782 g/mol. The first-order valence-electron chi connectivity index (χ1n) is 20.6. The Balaban J connectivity index is 0.989. The highest BCUT2D eigenvalue weighted by Gasteiger charge is 2.37. The molecule has 2 aromatic heterocycles. The van der Waals surface area contributed by atoms with Crippen LogP contribution in [0.5, 0.6) is 0 Å². The number of hydrogen-bond donors (Lipinski definition) is 0. The summed E-state index contributed by atoms with van der Waals surface area (Å²) in [7, 11) is 0. The molecule has 11 aromatic rings. The molecule has 3 heteroatoms. The Labute approximate surface area is 353 Å². The number of nitrogens with zero attached hydrogens (tertiary/aromatic N) is 2. The van der Waals surface area contributed by atoms with Crippen LogP contribution in [0.4, 0.5) is 0 Å². The van der Waals surface area contributed by atoms with E-state index in [-0.39, 0.29) is 5.41 Å². The number of fused-ring (bicyclic) bond motifs is 8. The van der Waals surface area contributed by atoms with E-state index in [1.54, 1.807) is 0 Å². The number of rotatable bonds is 5. The molecule has 1 aliphatic carbocycles. The maximum Gasteiger partial charge on any atom is 0.160 e. The largest absolute Gasteiger partial charge is 0.228 e. The summed E-state index contributed by atoms with van der Waals surface area (Å²) in [5, 5.41) is 7.55. The second kappa shape index (κ2) is 13.4. The van der Waals surface area contributed by atoms with Gasteiger partial charge < -0.3 is 0 Å². The molecule has 282 valence electrons. The lowest BCUT2D eigenvalue weighted by Crippen LogP contribution is -2.14. The number of benzene rings is 9. The smallest absolute Gasteiger partial charge is 0.160 e. The van der Waals surface area contributed by atoms with Crippen LogP contribution >= 0.6 is 11.3 Å². The molecule has 0 unspecified atom stereocenters. The van der Waals surface area contributed by atoms with E-state index in [1.807, 2.05) is 17.4 Å². The molecule has 0 atom stereocenters. The van der Waals surface area contributed by atoms with Gasteiger partial charge in [0.1, 0.15) is 0 Å². The minimum absolute atomic E-state index is 0.115. The maximum absolute atomic E-state index is 5.29. The molecule has 12 rings (SSSR count). The first-order valence-corrected chi connectivity index (χ1v) is 21.5. The molecule has 2 nitrogen and oxygen atoms in total. The van der Waals surface area contributed by atoms with Crippen molar-refractivity contribution in [1.82, 2.24) is 9.97 Å². The zero-order chi connectivity index (χ0) is 40.0. The average molecular weight is 783 g/mol. The van der Waals surface area contributed by atoms with E-state index >= 15 is 0 Å². The van der Waals surface area contributed by atoms with Gasteiger partial charge in [0.05, 0.1) is 11.4 Å². The molecule has 0 radical (unpaired) electrons. The maximum atomic E-state index is 5.29. The van der Waals surface area contributed by atoms with E-state index in [0.29, 0.717) is 5.82 Å². The van der Waals surface area contributed by atoms with E-state index in [2.05, 4.69) is 202 Å². The third-order valence-corrected chi connectivity index (χ3v) is 13.9. The minimum atomic E-state index is -0.115. The van der Waals surface area contributed by atoms with Gasteiger partial charge in [-0.15, -0.1) is 11.3 Å². The Hall–Kier alpha value is -7.20. The predicted molar refractivity (Wildman–Crippen MR) is 255 cm³/mol. The molecule has 60 heavy (non-hydrogen) atoms. The van der Waals surface area contributed by atoms with Crippen molar-refractivity contribution in [2.75, 3.05) is 0 Å². The quantitative estimate of drug-likeness (QED) is 0.174. The van der Waals surface area contributed by atoms with Gasteiger partial charge in [0, 0.05) is 42.3 Å². The summed E-state index contributed by atoms with van der Waals surface area (Å²) in [5.74, 6) is 0.710. The van der Waals surface area contributed by atoms with Crippen LogP contribution in [0.3, 0.4) is 0 Å². The second-order valence-electron chi connectivity index (χ2n) is 16.5. The van der Waals surface area contributed by atoms with E-state index < -0.39 is 0 Å². The molecular weight excluding hydrogens is 745 g/mol. The Morgan fingerprint density at radius 2 is 1.00 bits per heavy atom. The van der Waals surface area contributed by atoms with Crippen molar-refractivity contribution >= 4 is 53.1 Å². The van der Waals surface area contributed by atoms with Gasteiger partial charge in [0.25, 0.3) is 0 Å². The lowest BCUT2D eigenvalue weighted by atomic mass is 9.81. The third-order valence-electron chi connectivity index (χ3n) is 12.7. The lowest BCUT2D eigenvalue weighted by Gasteiger charge is -2.22. The number of aromatic nitrogens is 2. The van der Waals surface area contributed by atoms with Gasteiger partial charge >= 0.3 is 0 Å². The van der Waals surface area contributed by atoms with Crippen LogP contribution in [-0.4, -0.2) is 9.97 Å². The molecular formula is C57H38N2S. The second-order valence-corrected chi connectivity index (χ2v) is 17.6. The Morgan fingerprint density at radius 3 is 1.82 bits per heavy atom. The van der Waals surface area contributed by atoms with Gasteiger partial charge in [0.2, 0.25) is 0 Å². The highest BCUT2D eigenvalue weighted by Crippen LogP contribution is 2.54. The van der Waals surface area contributed by atoms with Crippen LogP contribution in [-0.2, 0) is 5.41 Å². The molecule has 9 aromatic carbocycles. The predicted octanol–water partition coefficient (Wildman–Crippen LogP) is 15.8. The van der Waals surface area contributed by atoms with Crippen molar-refractivity contribution in [3.05, 3.63) is 205 Å². The van der Waals surface area contributed by atoms with Crippen molar-refractivity contribution < 1.29 is 0 Å². The summed E-state index contributed by atoms with van der Waals surface area (Å²) in [6.45, 7) is 4.74. The lowest BCUT2D eigenvalue weighted by molar-refractivity contribution is 0.661. The molecule has 0 amide bonds. The van der Waals surface area contributed by atoms with Crippen molar-refractivity contribution in [1.29, 1.82) is 0 Å². The zero-order valence-electron chi connectivity index (χ0n) is 33.3. The van der Waals surface area contributed by atoms with Crippen LogP contribution in [0.15, 0.2) is 194 Å². The van der Waals surface area contributed by atoms with Crippen molar-refractivity contribution in [2.24, 2.45) is 0 Å². The van der Waals surface area contributed by atoms with Crippen LogP contribution in [0.1, 0.15) is 25.0 Å². The summed E-state index contributed by atoms with van der Waals surface area (Å²) in [6.07, 6.45) is 0. The Morgan fingerprint density at radius 1 is 0.367 bits per heavy atom. The molecule has 0 N–H and O–H groups in total.